The van der Waals surface area contributed by atoms with Crippen LogP contribution in [-0.4, -0.2) is 494 Å². The van der Waals surface area contributed by atoms with Crippen molar-refractivity contribution < 1.29 is 246 Å². The van der Waals surface area contributed by atoms with E-state index >= 15 is 0 Å². The van der Waals surface area contributed by atoms with E-state index in [0.29, 0.717) is 0 Å². The van der Waals surface area contributed by atoms with Crippen LogP contribution in [0.1, 0.15) is 13.8 Å². The molecular weight excluding hydrogens is 1590 g/mol. The highest BCUT2D eigenvalue weighted by Gasteiger charge is 2.61. The van der Waals surface area contributed by atoms with E-state index < -0.39 is 362 Å². The number of hydrogen-bond donors (Lipinski definition) is 31. The smallest absolute Gasteiger partial charge is 0.328 e. The van der Waals surface area contributed by atoms with Gasteiger partial charge >= 0.3 is 15.2 Å². The maximum Gasteiger partial charge on any atom is 0.328 e. The van der Waals surface area contributed by atoms with Gasteiger partial charge in [-0.1, -0.05) is 0 Å². The van der Waals surface area contributed by atoms with E-state index in [0.717, 1.165) is 13.8 Å². The molecule has 9 heterocycles. The van der Waals surface area contributed by atoms with Crippen molar-refractivity contribution in [1.29, 1.82) is 0 Å². The first kappa shape index (κ1) is 93.4. The number of aliphatic hydroxyl groups is 25. The lowest BCUT2D eigenvalue weighted by Gasteiger charge is -2.51. The highest BCUT2D eigenvalue weighted by atomic mass is 31.2. The topological polar surface area (TPSA) is 836 Å². The fraction of sp³-hybridized carbons (Fsp3) is 0.966. The van der Waals surface area contributed by atoms with Gasteiger partial charge in [0.2, 0.25) is 11.8 Å². The standard InChI is InChI=1S/C58H100N2O50P2/c1-12(66)59-23-32(75)44(17(6-64)96-50(23)87)105-51-24(60-13(2)67)33(76)45(18(7-65)100-51)106-56-43(86)47(108-58-49(38(81)27(70)16(5-63)99-58)110-55-41(84)36(79)29(72)22(104-55)11-112(91,92)93)31(74)20(102-56)8-94-52-42(85)46(107-53-39(82)34(77)25(68)14(3-61)97-53)30(73)19(101-52)9-95-57-48(37(80)26(69)15(4-62)98-57)109-54-40(83)35(78)28(71)21(103-54)10-111(88,89)90/h14-58,61-65,68-87H,3-11H2,1-2H3,(H,59,66)(H,60,67)(H2,88,89,90)(H2,91,92,93)/t14-,15-,16-,17-,18-,19-,20-,21-,22-,23-,24-,25-,26-,27-,28-,29-,30-,31-,32-,33-,34+,35+,36+,37+,38+,39+,40+,41+,42+,43+,44-,45-,46+,47+,48+,49+,50-,51+,52+,53-,54-,55-,56+,57+,58-/m1/s1. The number of aliphatic hydroxyl groups excluding tert-OH is 25. The predicted molar refractivity (Wildman–Crippen MR) is 340 cm³/mol. The van der Waals surface area contributed by atoms with Crippen molar-refractivity contribution in [2.75, 3.05) is 58.6 Å². The molecule has 31 N–H and O–H groups in total. The lowest BCUT2D eigenvalue weighted by atomic mass is 9.94. The van der Waals surface area contributed by atoms with Gasteiger partial charge in [-0.05, 0) is 0 Å². The second-order valence-electron chi connectivity index (χ2n) is 28.1. The van der Waals surface area contributed by atoms with Crippen molar-refractivity contribution in [3.63, 3.8) is 0 Å². The van der Waals surface area contributed by atoms with E-state index in [1.807, 2.05) is 0 Å². The minimum absolute atomic E-state index is 0.807. The summed E-state index contributed by atoms with van der Waals surface area (Å²) < 4.78 is 123. The Bertz CT molecular complexity index is 3070. The quantitative estimate of drug-likeness (QED) is 0.0309. The summed E-state index contributed by atoms with van der Waals surface area (Å²) >= 11 is 0. The molecule has 9 aliphatic rings. The molecule has 0 saturated carbocycles. The summed E-state index contributed by atoms with van der Waals surface area (Å²) in [5.74, 6) is -1.78. The van der Waals surface area contributed by atoms with Crippen LogP contribution in [0.25, 0.3) is 0 Å². The van der Waals surface area contributed by atoms with Crippen molar-refractivity contribution in [2.45, 2.75) is 290 Å². The molecule has 0 aromatic carbocycles. The summed E-state index contributed by atoms with van der Waals surface area (Å²) in [7, 11) is -10.3. The van der Waals surface area contributed by atoms with Crippen LogP contribution < -0.4 is 10.6 Å². The highest BCUT2D eigenvalue weighted by molar-refractivity contribution is 7.52. The van der Waals surface area contributed by atoms with Crippen molar-refractivity contribution in [3.05, 3.63) is 0 Å². The number of ether oxygens (including phenoxy) is 17. The molecule has 45 atom stereocenters. The van der Waals surface area contributed by atoms with E-state index in [1.54, 1.807) is 0 Å². The number of rotatable bonds is 29. The van der Waals surface area contributed by atoms with E-state index in [2.05, 4.69) is 10.6 Å². The zero-order chi connectivity index (χ0) is 82.9. The second-order valence-corrected chi connectivity index (χ2v) is 31.4. The molecule has 9 fully saturated rings. The van der Waals surface area contributed by atoms with Crippen LogP contribution in [0, 0.1) is 0 Å². The van der Waals surface area contributed by atoms with Gasteiger partial charge in [-0.25, -0.2) is 0 Å². The van der Waals surface area contributed by atoms with E-state index in [9.17, 15) is 166 Å². The third-order valence-corrected chi connectivity index (χ3v) is 21.7. The van der Waals surface area contributed by atoms with Gasteiger partial charge < -0.3 is 238 Å². The first-order chi connectivity index (χ1) is 52.5. The number of amides is 2. The van der Waals surface area contributed by atoms with Crippen LogP contribution in [0.4, 0.5) is 0 Å². The summed E-state index contributed by atoms with van der Waals surface area (Å²) in [5, 5.41) is 282. The van der Waals surface area contributed by atoms with Gasteiger partial charge in [0.25, 0.3) is 0 Å². The average molecular weight is 1690 g/mol. The fourth-order valence-electron chi connectivity index (χ4n) is 14.0. The largest absolute Gasteiger partial charge is 0.394 e. The Balaban J connectivity index is 1.06. The summed E-state index contributed by atoms with van der Waals surface area (Å²) in [4.78, 5) is 64.0. The third-order valence-electron chi connectivity index (χ3n) is 20.0. The molecule has 0 aromatic rings. The van der Waals surface area contributed by atoms with E-state index in [1.165, 1.54) is 0 Å². The van der Waals surface area contributed by atoms with Crippen LogP contribution in [0.3, 0.4) is 0 Å². The zero-order valence-electron chi connectivity index (χ0n) is 58.8. The van der Waals surface area contributed by atoms with Crippen molar-refractivity contribution in [1.82, 2.24) is 10.6 Å². The molecule has 52 nitrogen and oxygen atoms in total. The molecule has 0 spiro atoms. The Morgan fingerprint density at radius 2 is 0.562 bits per heavy atom. The Labute approximate surface area is 631 Å². The summed E-state index contributed by atoms with van der Waals surface area (Å²) in [6.45, 7) is -6.26. The molecule has 9 aliphatic heterocycles. The lowest BCUT2D eigenvalue weighted by Crippen LogP contribution is -2.70. The highest BCUT2D eigenvalue weighted by Crippen LogP contribution is 2.43. The monoisotopic (exact) mass is 1690 g/mol. The predicted octanol–water partition coefficient (Wildman–Crippen LogP) is -20.0. The Kier molecular flexibility index (Phi) is 32.9. The van der Waals surface area contributed by atoms with Gasteiger partial charge in [-0.2, -0.15) is 0 Å². The SMILES string of the molecule is CC(=O)N[C@@H]1[C@@H](O)[C@H](O[C@@H]2O[C@H](CO)[C@@H](O[C@@H]3O[C@H](CO[C@H]4O[C@H](CO[C@H]5O[C@H](CO)[C@@H](O)[C@H](O)[C@@H]5O[C@H]5O[C@H](CP(=O)(O)O)[C@@H](O)[C@H](O)[C@@H]5O)[C@@H](O)[C@H](O[C@H]5O[C@H](CO)[C@@H](O)[C@H](O)[C@@H]5O)[C@@H]4O)[C@@H](O)[C@H](O[C@H]4O[C@H](CO)[C@@H](O)[C@H](O)[C@@H]4O[C@H]4O[C@H](CP(=O)(O)O)[C@@H](O)[C@H](O)[C@@H]4O)[C@@H]3O)[C@H](O)[C@H]2NC(C)=O)[C@@H](CO)O[C@H]1O. The van der Waals surface area contributed by atoms with Crippen molar-refractivity contribution >= 4 is 27.0 Å². The summed E-state index contributed by atoms with van der Waals surface area (Å²) in [5.41, 5.74) is 0. The van der Waals surface area contributed by atoms with Crippen LogP contribution >= 0.6 is 15.2 Å². The normalized spacial score (nSPS) is 49.4. The average Bonchev–Trinajstić information content (AvgIpc) is 0.770. The van der Waals surface area contributed by atoms with Crippen LogP contribution in [-0.2, 0) is 99.2 Å². The third kappa shape index (κ3) is 21.3. The molecular formula is C58H100N2O50P2. The van der Waals surface area contributed by atoms with Gasteiger partial charge in [0.05, 0.1) is 58.6 Å². The lowest BCUT2D eigenvalue weighted by molar-refractivity contribution is -0.398. The molecule has 0 radical (unpaired) electrons. The van der Waals surface area contributed by atoms with Crippen LogP contribution in [0.5, 0.6) is 0 Å². The molecule has 0 bridgehead atoms. The van der Waals surface area contributed by atoms with Crippen LogP contribution in [0.2, 0.25) is 0 Å². The Morgan fingerprint density at radius 3 is 0.991 bits per heavy atom. The second kappa shape index (κ2) is 39.4. The van der Waals surface area contributed by atoms with Gasteiger partial charge in [0.15, 0.2) is 56.6 Å². The number of carbonyl (C=O) groups is 2. The van der Waals surface area contributed by atoms with Crippen LogP contribution in [0.15, 0.2) is 0 Å². The van der Waals surface area contributed by atoms with E-state index in [-0.39, 0.29) is 0 Å². The molecule has 54 heteroatoms. The number of carbonyl (C=O) groups excluding carboxylic acids is 2. The summed E-state index contributed by atoms with van der Waals surface area (Å²) in [6, 6.07) is -3.63. The zero-order valence-corrected chi connectivity index (χ0v) is 60.6. The molecule has 652 valence electrons. The molecule has 9 saturated heterocycles. The van der Waals surface area contributed by atoms with Gasteiger partial charge in [-0.3, -0.25) is 18.7 Å². The maximum absolute atomic E-state index is 12.9. The van der Waals surface area contributed by atoms with Gasteiger partial charge in [0.1, 0.15) is 220 Å². The molecule has 0 aliphatic carbocycles. The minimum Gasteiger partial charge on any atom is -0.394 e. The van der Waals surface area contributed by atoms with E-state index in [4.69, 9.17) is 80.5 Å². The fourth-order valence-corrected chi connectivity index (χ4v) is 15.5. The molecule has 9 rings (SSSR count). The summed E-state index contributed by atoms with van der Waals surface area (Å²) in [6.07, 6.45) is -98.1. The first-order valence-corrected chi connectivity index (χ1v) is 38.4. The van der Waals surface area contributed by atoms with Gasteiger partial charge in [-0.15, -0.1) is 0 Å². The first-order valence-electron chi connectivity index (χ1n) is 34.8. The number of nitrogens with one attached hydrogen (secondary N) is 2. The Morgan fingerprint density at radius 1 is 0.277 bits per heavy atom. The molecule has 2 amide bonds. The van der Waals surface area contributed by atoms with Crippen molar-refractivity contribution in [3.8, 4) is 0 Å². The molecule has 0 unspecified atom stereocenters. The molecule has 112 heavy (non-hydrogen) atoms. The Hall–Kier alpha value is -2.44. The maximum atomic E-state index is 12.9. The van der Waals surface area contributed by atoms with Gasteiger partial charge in [0, 0.05) is 13.8 Å². The molecule has 0 aromatic heterocycles. The number of hydrogen-bond acceptors (Lipinski definition) is 46. The van der Waals surface area contributed by atoms with Crippen molar-refractivity contribution in [2.24, 2.45) is 0 Å². The minimum atomic E-state index is -5.16.